The summed E-state index contributed by atoms with van der Waals surface area (Å²) in [5, 5.41) is 2.64. The second-order valence-electron chi connectivity index (χ2n) is 9.16. The van der Waals surface area contributed by atoms with Crippen molar-refractivity contribution in [2.75, 3.05) is 17.9 Å². The molecule has 2 amide bonds. The van der Waals surface area contributed by atoms with Gasteiger partial charge in [-0.3, -0.25) is 13.9 Å². The summed E-state index contributed by atoms with van der Waals surface area (Å²) < 4.78 is 28.8. The number of nitrogens with one attached hydrogen (secondary N) is 1. The minimum Gasteiger partial charge on any atom is -0.357 e. The summed E-state index contributed by atoms with van der Waals surface area (Å²) in [4.78, 5) is 28.3. The molecule has 0 bridgehead atoms. The molecule has 0 radical (unpaired) electrons. The van der Waals surface area contributed by atoms with Crippen LogP contribution < -0.4 is 9.62 Å². The summed E-state index contributed by atoms with van der Waals surface area (Å²) in [6.07, 6.45) is 0.381. The van der Waals surface area contributed by atoms with Gasteiger partial charge in [-0.05, 0) is 56.5 Å². The number of hydrogen-bond donors (Lipinski definition) is 1. The number of amides is 2. The van der Waals surface area contributed by atoms with Crippen molar-refractivity contribution in [1.82, 2.24) is 10.2 Å². The maximum atomic E-state index is 13.9. The average molecular weight is 522 g/mol. The third-order valence-electron chi connectivity index (χ3n) is 6.30. The van der Waals surface area contributed by atoms with E-state index in [0.29, 0.717) is 12.1 Å². The van der Waals surface area contributed by atoms with Crippen molar-refractivity contribution in [3.63, 3.8) is 0 Å². The Morgan fingerprint density at radius 3 is 2.16 bits per heavy atom. The van der Waals surface area contributed by atoms with Gasteiger partial charge in [-0.2, -0.15) is 0 Å². The van der Waals surface area contributed by atoms with Gasteiger partial charge in [0.15, 0.2) is 0 Å². The second kappa shape index (κ2) is 12.1. The van der Waals surface area contributed by atoms with E-state index in [1.165, 1.54) is 24.1 Å². The van der Waals surface area contributed by atoms with Gasteiger partial charge in [0.25, 0.3) is 10.0 Å². The summed E-state index contributed by atoms with van der Waals surface area (Å²) in [7, 11) is -2.54. The van der Waals surface area contributed by atoms with Crippen LogP contribution in [0, 0.1) is 20.8 Å². The third kappa shape index (κ3) is 6.57. The van der Waals surface area contributed by atoms with Crippen LogP contribution in [0.25, 0.3) is 0 Å². The Labute approximate surface area is 220 Å². The van der Waals surface area contributed by atoms with E-state index in [9.17, 15) is 18.0 Å². The molecule has 37 heavy (non-hydrogen) atoms. The van der Waals surface area contributed by atoms with Gasteiger partial charge in [-0.25, -0.2) is 8.42 Å². The van der Waals surface area contributed by atoms with E-state index < -0.39 is 28.5 Å². The first-order valence-electron chi connectivity index (χ1n) is 12.3. The Bertz CT molecular complexity index is 1360. The van der Waals surface area contributed by atoms with Crippen LogP contribution in [0.15, 0.2) is 77.7 Å². The Morgan fingerprint density at radius 1 is 0.892 bits per heavy atom. The molecule has 1 atom stereocenters. The van der Waals surface area contributed by atoms with E-state index in [0.717, 1.165) is 26.6 Å². The molecule has 0 saturated carbocycles. The molecule has 7 nitrogen and oxygen atoms in total. The van der Waals surface area contributed by atoms with Gasteiger partial charge < -0.3 is 10.2 Å². The van der Waals surface area contributed by atoms with E-state index in [4.69, 9.17) is 0 Å². The number of rotatable bonds is 10. The molecular weight excluding hydrogens is 486 g/mol. The molecule has 196 valence electrons. The highest BCUT2D eigenvalue weighted by atomic mass is 32.2. The molecular formula is C29H35N3O4S. The monoisotopic (exact) mass is 521 g/mol. The molecule has 3 rings (SSSR count). The predicted octanol–water partition coefficient (Wildman–Crippen LogP) is 4.36. The smallest absolute Gasteiger partial charge is 0.264 e. The van der Waals surface area contributed by atoms with Crippen molar-refractivity contribution in [3.05, 3.63) is 95.1 Å². The normalized spacial score (nSPS) is 12.0. The zero-order chi connectivity index (χ0) is 27.2. The van der Waals surface area contributed by atoms with Crippen LogP contribution in [0.3, 0.4) is 0 Å². The molecule has 0 aromatic heterocycles. The number of sulfonamides is 1. The first kappa shape index (κ1) is 27.9. The highest BCUT2D eigenvalue weighted by Gasteiger charge is 2.33. The van der Waals surface area contributed by atoms with Crippen molar-refractivity contribution in [1.29, 1.82) is 0 Å². The Kier molecular flexibility index (Phi) is 9.10. The molecule has 3 aromatic carbocycles. The van der Waals surface area contributed by atoms with E-state index in [-0.39, 0.29) is 17.3 Å². The van der Waals surface area contributed by atoms with Gasteiger partial charge in [0, 0.05) is 13.6 Å². The Balaban J connectivity index is 2.09. The second-order valence-corrected chi connectivity index (χ2v) is 11.0. The number of aryl methyl sites for hydroxylation is 3. The first-order chi connectivity index (χ1) is 17.6. The summed E-state index contributed by atoms with van der Waals surface area (Å²) in [5.74, 6) is -0.760. The van der Waals surface area contributed by atoms with E-state index in [1.54, 1.807) is 24.3 Å². The van der Waals surface area contributed by atoms with Gasteiger partial charge in [0.1, 0.15) is 12.6 Å². The van der Waals surface area contributed by atoms with Gasteiger partial charge >= 0.3 is 0 Å². The van der Waals surface area contributed by atoms with Crippen LogP contribution in [0.5, 0.6) is 0 Å². The molecule has 0 aliphatic heterocycles. The fourth-order valence-corrected chi connectivity index (χ4v) is 5.91. The van der Waals surface area contributed by atoms with Crippen molar-refractivity contribution in [3.8, 4) is 0 Å². The lowest BCUT2D eigenvalue weighted by Crippen LogP contribution is -2.51. The Morgan fingerprint density at radius 2 is 1.57 bits per heavy atom. The number of anilines is 1. The quantitative estimate of drug-likeness (QED) is 0.430. The molecule has 0 saturated heterocycles. The molecule has 0 aliphatic rings. The standard InChI is InChI=1S/C29H35N3O4S/c1-6-26(29(34)30-5)31(19-24-12-10-11-21(2)18-24)28(33)20-32(27-16-15-22(3)17-23(27)4)37(35,36)25-13-8-7-9-14-25/h7-18,26H,6,19-20H2,1-5H3,(H,30,34)/t26-/m0/s1. The van der Waals surface area contributed by atoms with Gasteiger partial charge in [0.05, 0.1) is 10.6 Å². The predicted molar refractivity (Wildman–Crippen MR) is 147 cm³/mol. The number of nitrogens with zero attached hydrogens (tertiary/aromatic N) is 2. The minimum atomic E-state index is -4.07. The lowest BCUT2D eigenvalue weighted by atomic mass is 10.1. The third-order valence-corrected chi connectivity index (χ3v) is 8.07. The lowest BCUT2D eigenvalue weighted by molar-refractivity contribution is -0.140. The van der Waals surface area contributed by atoms with Crippen LogP contribution in [0.4, 0.5) is 5.69 Å². The summed E-state index contributed by atoms with van der Waals surface area (Å²) >= 11 is 0. The molecule has 0 fully saturated rings. The average Bonchev–Trinajstić information content (AvgIpc) is 2.87. The maximum absolute atomic E-state index is 13.9. The number of likely N-dealkylation sites (N-methyl/N-ethyl adjacent to an activating group) is 1. The lowest BCUT2D eigenvalue weighted by Gasteiger charge is -2.33. The van der Waals surface area contributed by atoms with E-state index in [1.807, 2.05) is 64.1 Å². The van der Waals surface area contributed by atoms with Gasteiger partial charge in [0.2, 0.25) is 11.8 Å². The number of carbonyl (C=O) groups is 2. The maximum Gasteiger partial charge on any atom is 0.264 e. The van der Waals surface area contributed by atoms with Crippen LogP contribution >= 0.6 is 0 Å². The summed E-state index contributed by atoms with van der Waals surface area (Å²) in [6, 6.07) is 20.5. The van der Waals surface area contributed by atoms with E-state index >= 15 is 0 Å². The Hall–Kier alpha value is -3.65. The van der Waals surface area contributed by atoms with Crippen molar-refractivity contribution >= 4 is 27.5 Å². The zero-order valence-corrected chi connectivity index (χ0v) is 22.9. The molecule has 8 heteroatoms. The zero-order valence-electron chi connectivity index (χ0n) is 22.1. The molecule has 0 heterocycles. The van der Waals surface area contributed by atoms with Gasteiger partial charge in [-0.15, -0.1) is 0 Å². The first-order valence-corrected chi connectivity index (χ1v) is 13.7. The largest absolute Gasteiger partial charge is 0.357 e. The molecule has 1 N–H and O–H groups in total. The van der Waals surface area contributed by atoms with Crippen molar-refractivity contribution in [2.45, 2.75) is 51.6 Å². The molecule has 0 aliphatic carbocycles. The summed E-state index contributed by atoms with van der Waals surface area (Å²) in [5.41, 5.74) is 4.03. The number of hydrogen-bond acceptors (Lipinski definition) is 4. The fraction of sp³-hybridized carbons (Fsp3) is 0.310. The van der Waals surface area contributed by atoms with Gasteiger partial charge in [-0.1, -0.05) is 72.6 Å². The van der Waals surface area contributed by atoms with Crippen LogP contribution in [0.2, 0.25) is 0 Å². The molecule has 3 aromatic rings. The van der Waals surface area contributed by atoms with Crippen LogP contribution in [-0.4, -0.2) is 44.8 Å². The number of carbonyl (C=O) groups excluding carboxylic acids is 2. The van der Waals surface area contributed by atoms with E-state index in [2.05, 4.69) is 5.32 Å². The minimum absolute atomic E-state index is 0.0892. The topological polar surface area (TPSA) is 86.8 Å². The van der Waals surface area contributed by atoms with Crippen LogP contribution in [-0.2, 0) is 26.2 Å². The number of benzene rings is 3. The van der Waals surface area contributed by atoms with Crippen molar-refractivity contribution in [2.24, 2.45) is 0 Å². The molecule has 0 unspecified atom stereocenters. The van der Waals surface area contributed by atoms with Crippen LogP contribution in [0.1, 0.15) is 35.6 Å². The highest BCUT2D eigenvalue weighted by molar-refractivity contribution is 7.92. The highest BCUT2D eigenvalue weighted by Crippen LogP contribution is 2.28. The van der Waals surface area contributed by atoms with Crippen molar-refractivity contribution < 1.29 is 18.0 Å². The summed E-state index contributed by atoms with van der Waals surface area (Å²) in [6.45, 7) is 7.28. The fourth-order valence-electron chi connectivity index (χ4n) is 4.41. The SMILES string of the molecule is CC[C@@H](C(=O)NC)N(Cc1cccc(C)c1)C(=O)CN(c1ccc(C)cc1C)S(=O)(=O)c1ccccc1. The molecule has 0 spiro atoms.